The van der Waals surface area contributed by atoms with Crippen LogP contribution < -0.4 is 5.32 Å². The number of hydrogen-bond donors (Lipinski definition) is 1. The first-order valence-electron chi connectivity index (χ1n) is 9.75. The lowest BCUT2D eigenvalue weighted by atomic mass is 10.1. The smallest absolute Gasteiger partial charge is 0.255 e. The minimum absolute atomic E-state index is 0.136. The van der Waals surface area contributed by atoms with Crippen molar-refractivity contribution in [3.05, 3.63) is 108 Å². The Hall–Kier alpha value is -3.33. The first-order valence-corrected chi connectivity index (χ1v) is 9.75. The summed E-state index contributed by atoms with van der Waals surface area (Å²) in [5, 5.41) is 2.90. The molecule has 2 aromatic rings. The maximum absolute atomic E-state index is 12.3. The Morgan fingerprint density at radius 3 is 2.28 bits per heavy atom. The second-order valence-electron chi connectivity index (χ2n) is 6.16. The van der Waals surface area contributed by atoms with Crippen LogP contribution in [0.15, 0.2) is 91.2 Å². The predicted molar refractivity (Wildman–Crippen MR) is 125 cm³/mol. The average Bonchev–Trinajstić information content (AvgIpc) is 2.74. The molecule has 0 heterocycles. The fraction of sp³-hybridized carbons (Fsp3) is 0.192. The number of hydrogen-bond acceptors (Lipinski definition) is 2. The number of benzene rings is 2. The summed E-state index contributed by atoms with van der Waals surface area (Å²) in [6.45, 7) is 17.5. The molecule has 1 N–H and O–H groups in total. The predicted octanol–water partition coefficient (Wildman–Crippen LogP) is 7.30. The molecule has 0 aliphatic rings. The number of ether oxygens (including phenoxy) is 1. The minimum Gasteiger partial charge on any atom is -0.457 e. The summed E-state index contributed by atoms with van der Waals surface area (Å²) in [5.74, 6) is 1.14. The van der Waals surface area contributed by atoms with E-state index in [-0.39, 0.29) is 5.91 Å². The van der Waals surface area contributed by atoms with E-state index in [0.29, 0.717) is 17.0 Å². The van der Waals surface area contributed by atoms with E-state index in [4.69, 9.17) is 4.74 Å². The zero-order valence-electron chi connectivity index (χ0n) is 18.1. The second-order valence-corrected chi connectivity index (χ2v) is 6.16. The van der Waals surface area contributed by atoms with Gasteiger partial charge in [0.15, 0.2) is 0 Å². The van der Waals surface area contributed by atoms with Crippen molar-refractivity contribution in [2.45, 2.75) is 34.6 Å². The normalized spacial score (nSPS) is 11.1. The molecule has 0 saturated carbocycles. The summed E-state index contributed by atoms with van der Waals surface area (Å²) in [4.78, 5) is 12.3. The maximum Gasteiger partial charge on any atom is 0.255 e. The van der Waals surface area contributed by atoms with Gasteiger partial charge in [-0.05, 0) is 68.8 Å². The highest BCUT2D eigenvalue weighted by Crippen LogP contribution is 2.23. The molecule has 0 unspecified atom stereocenters. The van der Waals surface area contributed by atoms with Gasteiger partial charge in [0, 0.05) is 16.8 Å². The molecule has 0 aliphatic heterocycles. The summed E-state index contributed by atoms with van der Waals surface area (Å²) in [5.41, 5.74) is 4.21. The highest BCUT2D eigenvalue weighted by Gasteiger charge is 2.08. The van der Waals surface area contributed by atoms with Gasteiger partial charge in [0.25, 0.3) is 5.91 Å². The molecule has 0 aliphatic carbocycles. The third-order valence-electron chi connectivity index (χ3n) is 4.00. The maximum atomic E-state index is 12.3. The van der Waals surface area contributed by atoms with Crippen LogP contribution in [0.4, 0.5) is 5.69 Å². The molecule has 3 nitrogen and oxygen atoms in total. The van der Waals surface area contributed by atoms with Crippen molar-refractivity contribution >= 4 is 17.4 Å². The van der Waals surface area contributed by atoms with Gasteiger partial charge >= 0.3 is 0 Å². The van der Waals surface area contributed by atoms with Gasteiger partial charge in [0.05, 0.1) is 0 Å². The van der Waals surface area contributed by atoms with Crippen LogP contribution in [0, 0.1) is 6.92 Å². The van der Waals surface area contributed by atoms with Crippen LogP contribution in [-0.4, -0.2) is 5.91 Å². The summed E-state index contributed by atoms with van der Waals surface area (Å²) in [7, 11) is 0. The van der Waals surface area contributed by atoms with Crippen LogP contribution in [0.25, 0.3) is 5.76 Å². The fourth-order valence-corrected chi connectivity index (χ4v) is 2.55. The summed E-state index contributed by atoms with van der Waals surface area (Å²) >= 11 is 0. The van der Waals surface area contributed by atoms with Gasteiger partial charge in [-0.1, -0.05) is 56.9 Å². The van der Waals surface area contributed by atoms with E-state index >= 15 is 0 Å². The zero-order valence-corrected chi connectivity index (χ0v) is 18.1. The van der Waals surface area contributed by atoms with Crippen LogP contribution in [0.3, 0.4) is 0 Å². The Morgan fingerprint density at radius 1 is 1.07 bits per heavy atom. The van der Waals surface area contributed by atoms with Crippen LogP contribution in [0.5, 0.6) is 0 Å². The third-order valence-corrected chi connectivity index (χ3v) is 4.00. The molecular weight excluding hydrogens is 358 g/mol. The van der Waals surface area contributed by atoms with E-state index in [1.807, 2.05) is 89.2 Å². The van der Waals surface area contributed by atoms with Gasteiger partial charge < -0.3 is 10.1 Å². The van der Waals surface area contributed by atoms with E-state index in [2.05, 4.69) is 18.5 Å². The van der Waals surface area contributed by atoms with Crippen LogP contribution in [0.1, 0.15) is 49.2 Å². The molecule has 2 aromatic carbocycles. The van der Waals surface area contributed by atoms with E-state index in [1.165, 1.54) is 0 Å². The van der Waals surface area contributed by atoms with Crippen molar-refractivity contribution in [3.8, 4) is 0 Å². The number of nitrogens with one attached hydrogen (secondary N) is 1. The number of anilines is 1. The van der Waals surface area contributed by atoms with E-state index in [1.54, 1.807) is 12.1 Å². The van der Waals surface area contributed by atoms with Crippen molar-refractivity contribution < 1.29 is 9.53 Å². The first-order chi connectivity index (χ1) is 13.9. The molecule has 0 atom stereocenters. The lowest BCUT2D eigenvalue weighted by Crippen LogP contribution is -2.11. The topological polar surface area (TPSA) is 38.3 Å². The number of carbonyl (C=O) groups excluding carboxylic acids is 1. The van der Waals surface area contributed by atoms with Crippen LogP contribution in [0.2, 0.25) is 0 Å². The Labute approximate surface area is 175 Å². The highest BCUT2D eigenvalue weighted by atomic mass is 16.5. The molecular formula is C26H31NO2. The molecule has 152 valence electrons. The van der Waals surface area contributed by atoms with Crippen molar-refractivity contribution in [2.75, 3.05) is 5.32 Å². The minimum atomic E-state index is -0.136. The second kappa shape index (κ2) is 12.2. The number of allylic oxidation sites excluding steroid dienone is 4. The van der Waals surface area contributed by atoms with Gasteiger partial charge in [-0.15, -0.1) is 0 Å². The lowest BCUT2D eigenvalue weighted by Gasteiger charge is -2.13. The van der Waals surface area contributed by atoms with Gasteiger partial charge in [-0.3, -0.25) is 4.79 Å². The molecule has 0 saturated heterocycles. The van der Waals surface area contributed by atoms with Gasteiger partial charge in [0.1, 0.15) is 11.5 Å². The highest BCUT2D eigenvalue weighted by molar-refractivity contribution is 6.04. The summed E-state index contributed by atoms with van der Waals surface area (Å²) in [6.07, 6.45) is 5.49. The van der Waals surface area contributed by atoms with Gasteiger partial charge in [-0.2, -0.15) is 0 Å². The van der Waals surface area contributed by atoms with E-state index < -0.39 is 0 Å². The molecule has 29 heavy (non-hydrogen) atoms. The number of rotatable bonds is 7. The Morgan fingerprint density at radius 2 is 1.72 bits per heavy atom. The molecule has 0 bridgehead atoms. The fourth-order valence-electron chi connectivity index (χ4n) is 2.55. The van der Waals surface area contributed by atoms with E-state index in [0.717, 1.165) is 22.5 Å². The van der Waals surface area contributed by atoms with Crippen LogP contribution >= 0.6 is 0 Å². The molecule has 0 fully saturated rings. The molecule has 2 rings (SSSR count). The van der Waals surface area contributed by atoms with Crippen molar-refractivity contribution in [2.24, 2.45) is 0 Å². The Kier molecular flexibility index (Phi) is 9.97. The molecule has 0 spiro atoms. The molecule has 0 radical (unpaired) electrons. The lowest BCUT2D eigenvalue weighted by molar-refractivity contribution is 0.102. The Bertz CT molecular complexity index is 903. The quantitative estimate of drug-likeness (QED) is 0.398. The number of aryl methyl sites for hydroxylation is 1. The number of amides is 1. The SMILES string of the molecule is C=C/C=C(C)\C(=C/C)OC(=C)c1ccc(NC(=O)c2cccc(C)c2)cc1.CC. The standard InChI is InChI=1S/C24H25NO2.C2H6/c1-6-9-18(4)23(7-2)27-19(5)20-12-14-22(15-13-20)25-24(26)21-11-8-10-17(3)16-21;1-2/h6-16H,1,5H2,2-4H3,(H,25,26);1-2H3/b18-9-,23-7+;. The van der Waals surface area contributed by atoms with E-state index in [9.17, 15) is 4.79 Å². The zero-order chi connectivity index (χ0) is 21.8. The number of carbonyl (C=O) groups is 1. The van der Waals surface area contributed by atoms with Crippen molar-refractivity contribution in [1.82, 2.24) is 0 Å². The monoisotopic (exact) mass is 389 g/mol. The van der Waals surface area contributed by atoms with Crippen LogP contribution in [-0.2, 0) is 4.74 Å². The summed E-state index contributed by atoms with van der Waals surface area (Å²) in [6, 6.07) is 14.9. The molecule has 1 amide bonds. The first kappa shape index (κ1) is 23.7. The van der Waals surface area contributed by atoms with Gasteiger partial charge in [0.2, 0.25) is 0 Å². The largest absolute Gasteiger partial charge is 0.457 e. The average molecular weight is 390 g/mol. The molecule has 3 heteroatoms. The third kappa shape index (κ3) is 7.30. The van der Waals surface area contributed by atoms with Crippen molar-refractivity contribution in [3.63, 3.8) is 0 Å². The Balaban J connectivity index is 0.00000204. The van der Waals surface area contributed by atoms with Gasteiger partial charge in [-0.25, -0.2) is 0 Å². The summed E-state index contributed by atoms with van der Waals surface area (Å²) < 4.78 is 5.87. The van der Waals surface area contributed by atoms with Crippen molar-refractivity contribution in [1.29, 1.82) is 0 Å². The molecule has 0 aromatic heterocycles.